The molecule has 21 heavy (non-hydrogen) atoms. The first kappa shape index (κ1) is 16.3. The van der Waals surface area contributed by atoms with Crippen molar-refractivity contribution in [2.24, 2.45) is 17.1 Å². The Labute approximate surface area is 126 Å². The fraction of sp³-hybridized carbons (Fsp3) is 0.875. The van der Waals surface area contributed by atoms with Gasteiger partial charge < -0.3 is 15.7 Å². The van der Waals surface area contributed by atoms with E-state index in [2.05, 4.69) is 0 Å². The molecule has 1 heterocycles. The number of likely N-dealkylation sites (tertiary alicyclic amines) is 1. The van der Waals surface area contributed by atoms with Gasteiger partial charge in [0.25, 0.3) is 0 Å². The lowest BCUT2D eigenvalue weighted by molar-refractivity contribution is -0.160. The molecule has 0 spiro atoms. The summed E-state index contributed by atoms with van der Waals surface area (Å²) in [6.45, 7) is 5.77. The zero-order valence-corrected chi connectivity index (χ0v) is 13.3. The number of amides is 1. The summed E-state index contributed by atoms with van der Waals surface area (Å²) in [6, 6.07) is -1.29. The lowest BCUT2D eigenvalue weighted by Crippen LogP contribution is -2.62. The maximum Gasteiger partial charge on any atom is 0.326 e. The molecule has 3 unspecified atom stereocenters. The number of piperidine rings is 1. The van der Waals surface area contributed by atoms with Crippen LogP contribution in [0.5, 0.6) is 0 Å². The van der Waals surface area contributed by atoms with Crippen molar-refractivity contribution in [2.75, 3.05) is 0 Å². The first-order chi connectivity index (χ1) is 9.73. The van der Waals surface area contributed by atoms with Crippen LogP contribution in [0.15, 0.2) is 0 Å². The van der Waals surface area contributed by atoms with Crippen LogP contribution >= 0.6 is 0 Å². The Morgan fingerprint density at radius 3 is 2.33 bits per heavy atom. The summed E-state index contributed by atoms with van der Waals surface area (Å²) in [4.78, 5) is 26.1. The predicted molar refractivity (Wildman–Crippen MR) is 80.7 cm³/mol. The van der Waals surface area contributed by atoms with Gasteiger partial charge in [0.1, 0.15) is 6.04 Å². The lowest BCUT2D eigenvalue weighted by Gasteiger charge is -2.48. The lowest BCUT2D eigenvalue weighted by atomic mass is 9.75. The van der Waals surface area contributed by atoms with Crippen molar-refractivity contribution in [3.05, 3.63) is 0 Å². The molecule has 0 aromatic rings. The molecule has 5 nitrogen and oxygen atoms in total. The Hall–Kier alpha value is -1.10. The summed E-state index contributed by atoms with van der Waals surface area (Å²) in [7, 11) is 0. The molecule has 120 valence electrons. The fourth-order valence-electron chi connectivity index (χ4n) is 3.72. The summed E-state index contributed by atoms with van der Waals surface area (Å²) in [6.07, 6.45) is 5.74. The molecular weight excluding hydrogens is 268 g/mol. The highest BCUT2D eigenvalue weighted by atomic mass is 16.4. The number of nitrogens with two attached hydrogens (primary N) is 1. The number of hydrogen-bond donors (Lipinski definition) is 2. The topological polar surface area (TPSA) is 83.6 Å². The third kappa shape index (κ3) is 3.23. The van der Waals surface area contributed by atoms with Gasteiger partial charge in [-0.15, -0.1) is 0 Å². The number of fused-ring (bicyclic) bond motifs is 1. The van der Waals surface area contributed by atoms with Gasteiger partial charge in [0, 0.05) is 6.04 Å². The summed E-state index contributed by atoms with van der Waals surface area (Å²) in [5.41, 5.74) is 5.77. The zero-order chi connectivity index (χ0) is 15.8. The molecule has 1 aliphatic heterocycles. The van der Waals surface area contributed by atoms with E-state index in [0.29, 0.717) is 12.3 Å². The quantitative estimate of drug-likeness (QED) is 0.816. The minimum Gasteiger partial charge on any atom is -0.480 e. The highest BCUT2D eigenvalue weighted by Gasteiger charge is 2.46. The van der Waals surface area contributed by atoms with E-state index in [1.807, 2.05) is 20.8 Å². The number of carbonyl (C=O) groups is 2. The van der Waals surface area contributed by atoms with Gasteiger partial charge in [-0.1, -0.05) is 33.6 Å². The van der Waals surface area contributed by atoms with Crippen LogP contribution in [0, 0.1) is 11.3 Å². The Balaban J connectivity index is 2.28. The molecule has 2 rings (SSSR count). The van der Waals surface area contributed by atoms with Crippen molar-refractivity contribution in [3.8, 4) is 0 Å². The molecule has 0 aromatic carbocycles. The maximum atomic E-state index is 12.9. The van der Waals surface area contributed by atoms with Crippen LogP contribution in [-0.4, -0.2) is 40.0 Å². The average molecular weight is 296 g/mol. The van der Waals surface area contributed by atoms with Gasteiger partial charge in [-0.25, -0.2) is 4.79 Å². The highest BCUT2D eigenvalue weighted by Crippen LogP contribution is 2.39. The van der Waals surface area contributed by atoms with Crippen LogP contribution in [-0.2, 0) is 9.59 Å². The van der Waals surface area contributed by atoms with Gasteiger partial charge in [-0.05, 0) is 37.0 Å². The zero-order valence-electron chi connectivity index (χ0n) is 13.3. The third-order valence-electron chi connectivity index (χ3n) is 5.11. The van der Waals surface area contributed by atoms with Crippen LogP contribution in [0.3, 0.4) is 0 Å². The predicted octanol–water partition coefficient (Wildman–Crippen LogP) is 1.99. The van der Waals surface area contributed by atoms with E-state index in [1.165, 1.54) is 6.42 Å². The standard InChI is InChI=1S/C16H28N2O3/c1-16(2,3)13(17)14(19)18-11-7-5-4-6-10(11)8-9-12(18)15(20)21/h10-13H,4-9,17H2,1-3H3,(H,20,21)/t10?,11?,12?,13-/m0/s1. The molecule has 5 heteroatoms. The molecule has 3 N–H and O–H groups in total. The normalized spacial score (nSPS) is 31.4. The highest BCUT2D eigenvalue weighted by molar-refractivity contribution is 5.88. The van der Waals surface area contributed by atoms with E-state index in [0.717, 1.165) is 25.7 Å². The molecule has 0 bridgehead atoms. The number of hydrogen-bond acceptors (Lipinski definition) is 3. The second kappa shape index (κ2) is 5.95. The second-order valence-corrected chi connectivity index (χ2v) is 7.63. The van der Waals surface area contributed by atoms with Crippen molar-refractivity contribution in [3.63, 3.8) is 0 Å². The summed E-state index contributed by atoms with van der Waals surface area (Å²) < 4.78 is 0. The molecule has 2 aliphatic rings. The fourth-order valence-corrected chi connectivity index (χ4v) is 3.72. The number of nitrogens with zero attached hydrogens (tertiary/aromatic N) is 1. The number of aliphatic carboxylic acids is 1. The Morgan fingerprint density at radius 2 is 1.76 bits per heavy atom. The summed E-state index contributed by atoms with van der Waals surface area (Å²) in [5, 5.41) is 9.50. The van der Waals surface area contributed by atoms with E-state index < -0.39 is 18.1 Å². The van der Waals surface area contributed by atoms with E-state index in [4.69, 9.17) is 5.73 Å². The monoisotopic (exact) mass is 296 g/mol. The second-order valence-electron chi connectivity index (χ2n) is 7.63. The SMILES string of the molecule is CC(C)(C)[C@@H](N)C(=O)N1C(C(=O)O)CCC2CCCCC21. The van der Waals surface area contributed by atoms with Crippen LogP contribution in [0.2, 0.25) is 0 Å². The molecule has 0 aromatic heterocycles. The minimum absolute atomic E-state index is 0.0644. The van der Waals surface area contributed by atoms with Crippen molar-refractivity contribution in [2.45, 2.75) is 77.4 Å². The molecule has 1 saturated heterocycles. The number of rotatable bonds is 2. The van der Waals surface area contributed by atoms with E-state index in [9.17, 15) is 14.7 Å². The van der Waals surface area contributed by atoms with Gasteiger partial charge in [0.05, 0.1) is 6.04 Å². The van der Waals surface area contributed by atoms with E-state index >= 15 is 0 Å². The number of carboxylic acids is 1. The van der Waals surface area contributed by atoms with Crippen molar-refractivity contribution >= 4 is 11.9 Å². The first-order valence-electron chi connectivity index (χ1n) is 8.04. The van der Waals surface area contributed by atoms with Gasteiger partial charge in [0.15, 0.2) is 0 Å². The van der Waals surface area contributed by atoms with Gasteiger partial charge in [0.2, 0.25) is 5.91 Å². The summed E-state index contributed by atoms with van der Waals surface area (Å²) >= 11 is 0. The number of carbonyl (C=O) groups excluding carboxylic acids is 1. The van der Waals surface area contributed by atoms with Gasteiger partial charge >= 0.3 is 5.97 Å². The number of carboxylic acid groups (broad SMARTS) is 1. The molecule has 4 atom stereocenters. The van der Waals surface area contributed by atoms with Crippen molar-refractivity contribution in [1.82, 2.24) is 4.90 Å². The van der Waals surface area contributed by atoms with Crippen molar-refractivity contribution < 1.29 is 14.7 Å². The van der Waals surface area contributed by atoms with Crippen LogP contribution < -0.4 is 5.73 Å². The molecule has 1 saturated carbocycles. The van der Waals surface area contributed by atoms with Crippen molar-refractivity contribution in [1.29, 1.82) is 0 Å². The summed E-state index contributed by atoms with van der Waals surface area (Å²) in [5.74, 6) is -0.634. The Bertz CT molecular complexity index is 416. The Morgan fingerprint density at radius 1 is 1.14 bits per heavy atom. The molecule has 1 amide bonds. The van der Waals surface area contributed by atoms with E-state index in [-0.39, 0.29) is 17.4 Å². The Kier molecular flexibility index (Phi) is 4.61. The minimum atomic E-state index is -0.895. The van der Waals surface area contributed by atoms with E-state index in [1.54, 1.807) is 4.90 Å². The third-order valence-corrected chi connectivity index (χ3v) is 5.11. The molecular formula is C16H28N2O3. The van der Waals surface area contributed by atoms with Crippen LogP contribution in [0.1, 0.15) is 59.3 Å². The first-order valence-corrected chi connectivity index (χ1v) is 8.04. The van der Waals surface area contributed by atoms with Gasteiger partial charge in [-0.3, -0.25) is 4.79 Å². The average Bonchev–Trinajstić information content (AvgIpc) is 2.43. The molecule has 0 radical (unpaired) electrons. The van der Waals surface area contributed by atoms with Crippen LogP contribution in [0.4, 0.5) is 0 Å². The van der Waals surface area contributed by atoms with Crippen LogP contribution in [0.25, 0.3) is 0 Å². The largest absolute Gasteiger partial charge is 0.480 e. The smallest absolute Gasteiger partial charge is 0.326 e. The molecule has 2 fully saturated rings. The molecule has 1 aliphatic carbocycles. The van der Waals surface area contributed by atoms with Gasteiger partial charge in [-0.2, -0.15) is 0 Å². The maximum absolute atomic E-state index is 12.9.